The Hall–Kier alpha value is -0.923. The topological polar surface area (TPSA) is 84.9 Å². The van der Waals surface area contributed by atoms with Crippen LogP contribution in [0, 0.1) is 23.7 Å². The maximum atomic E-state index is 12.5. The largest absolute Gasteiger partial charge is 0.481 e. The average molecular weight is 343 g/mol. The van der Waals surface area contributed by atoms with Crippen molar-refractivity contribution in [2.75, 3.05) is 20.8 Å². The van der Waals surface area contributed by atoms with Crippen molar-refractivity contribution in [3.8, 4) is 0 Å². The molecule has 0 heterocycles. The van der Waals surface area contributed by atoms with Gasteiger partial charge in [-0.05, 0) is 56.5 Å². The van der Waals surface area contributed by atoms with E-state index in [1.165, 1.54) is 0 Å². The van der Waals surface area contributed by atoms with E-state index < -0.39 is 20.4 Å². The molecule has 6 nitrogen and oxygen atoms in total. The second-order valence-corrected chi connectivity index (χ2v) is 10.6. The van der Waals surface area contributed by atoms with Crippen LogP contribution in [0.5, 0.6) is 0 Å². The molecule has 0 saturated heterocycles. The molecule has 2 atom stereocenters. The highest BCUT2D eigenvalue weighted by Gasteiger charge is 2.50. The Morgan fingerprint density at radius 3 is 2.09 bits per heavy atom. The van der Waals surface area contributed by atoms with Crippen LogP contribution in [0.1, 0.15) is 32.1 Å². The second kappa shape index (κ2) is 7.77. The number of carboxylic acid groups (broad SMARTS) is 1. The summed E-state index contributed by atoms with van der Waals surface area (Å²) in [6.07, 6.45) is 4.68. The van der Waals surface area contributed by atoms with Gasteiger partial charge in [0.1, 0.15) is 0 Å². The molecule has 7 heteroatoms. The van der Waals surface area contributed by atoms with E-state index >= 15 is 0 Å². The molecular formula is C16H29NO5Si. The zero-order valence-electron chi connectivity index (χ0n) is 14.3. The van der Waals surface area contributed by atoms with Gasteiger partial charge in [-0.1, -0.05) is 0 Å². The van der Waals surface area contributed by atoms with Crippen molar-refractivity contribution in [1.29, 1.82) is 0 Å². The molecule has 3 saturated carbocycles. The minimum absolute atomic E-state index is 0.0787. The normalized spacial score (nSPS) is 30.2. The first-order chi connectivity index (χ1) is 10.9. The lowest BCUT2D eigenvalue weighted by molar-refractivity contribution is -0.158. The minimum Gasteiger partial charge on any atom is -0.481 e. The molecule has 3 aliphatic rings. The quantitative estimate of drug-likeness (QED) is 0.520. The van der Waals surface area contributed by atoms with E-state index in [4.69, 9.17) is 8.85 Å². The molecule has 3 fully saturated rings. The lowest BCUT2D eigenvalue weighted by Gasteiger charge is -2.45. The monoisotopic (exact) mass is 343 g/mol. The van der Waals surface area contributed by atoms with Gasteiger partial charge < -0.3 is 19.3 Å². The summed E-state index contributed by atoms with van der Waals surface area (Å²) in [5.74, 6) is -1.33. The highest BCUT2D eigenvalue weighted by atomic mass is 28.4. The Morgan fingerprint density at radius 1 is 1.09 bits per heavy atom. The third-order valence-electron chi connectivity index (χ3n) is 5.78. The Balaban J connectivity index is 1.86. The van der Waals surface area contributed by atoms with Crippen molar-refractivity contribution in [2.24, 2.45) is 23.7 Å². The summed E-state index contributed by atoms with van der Waals surface area (Å²) < 4.78 is 10.9. The van der Waals surface area contributed by atoms with Gasteiger partial charge in [0.25, 0.3) is 0 Å². The molecule has 3 aliphatic carbocycles. The van der Waals surface area contributed by atoms with Crippen LogP contribution < -0.4 is 5.32 Å². The third-order valence-corrected chi connectivity index (χ3v) is 8.77. The highest BCUT2D eigenvalue weighted by molar-refractivity contribution is 6.65. The standard InChI is InChI=1S/C16H29NO5Si/c1-21-23(3,22-2)10-4-9-17-15(18)13-11-5-7-12(8-6-11)14(13)16(19)20/h11-14H,4-10H2,1-3H3,(H,17,18)(H,19,20). The fraction of sp³-hybridized carbons (Fsp3) is 0.875. The number of carbonyl (C=O) groups is 2. The van der Waals surface area contributed by atoms with Gasteiger partial charge in [0.05, 0.1) is 11.8 Å². The van der Waals surface area contributed by atoms with Gasteiger partial charge in [-0.15, -0.1) is 0 Å². The van der Waals surface area contributed by atoms with Crippen molar-refractivity contribution in [3.05, 3.63) is 0 Å². The maximum Gasteiger partial charge on any atom is 0.334 e. The van der Waals surface area contributed by atoms with Crippen LogP contribution in [-0.4, -0.2) is 46.3 Å². The van der Waals surface area contributed by atoms with Crippen LogP contribution in [0.4, 0.5) is 0 Å². The molecule has 3 rings (SSSR count). The zero-order valence-corrected chi connectivity index (χ0v) is 15.3. The van der Waals surface area contributed by atoms with Crippen molar-refractivity contribution >= 4 is 20.4 Å². The van der Waals surface area contributed by atoms with Crippen LogP contribution >= 0.6 is 0 Å². The number of rotatable bonds is 8. The number of hydrogen-bond donors (Lipinski definition) is 2. The first-order valence-electron chi connectivity index (χ1n) is 8.52. The molecular weight excluding hydrogens is 314 g/mol. The summed E-state index contributed by atoms with van der Waals surface area (Å²) in [7, 11) is 1.22. The Morgan fingerprint density at radius 2 is 1.61 bits per heavy atom. The van der Waals surface area contributed by atoms with E-state index in [-0.39, 0.29) is 23.7 Å². The number of aliphatic carboxylic acids is 1. The van der Waals surface area contributed by atoms with Crippen LogP contribution in [0.3, 0.4) is 0 Å². The van der Waals surface area contributed by atoms with Gasteiger partial charge in [0, 0.05) is 20.8 Å². The molecule has 0 aromatic rings. The number of hydrogen-bond acceptors (Lipinski definition) is 4. The molecule has 0 aromatic carbocycles. The van der Waals surface area contributed by atoms with E-state index in [1.807, 2.05) is 6.55 Å². The van der Waals surface area contributed by atoms with E-state index in [0.717, 1.165) is 38.1 Å². The van der Waals surface area contributed by atoms with Crippen molar-refractivity contribution in [1.82, 2.24) is 5.32 Å². The van der Waals surface area contributed by atoms with Crippen LogP contribution in [0.25, 0.3) is 0 Å². The summed E-state index contributed by atoms with van der Waals surface area (Å²) >= 11 is 0. The van der Waals surface area contributed by atoms with Crippen LogP contribution in [0.15, 0.2) is 0 Å². The molecule has 1 amide bonds. The minimum atomic E-state index is -2.10. The molecule has 23 heavy (non-hydrogen) atoms. The summed E-state index contributed by atoms with van der Waals surface area (Å²) in [5.41, 5.74) is 0. The highest BCUT2D eigenvalue weighted by Crippen LogP contribution is 2.49. The van der Waals surface area contributed by atoms with Gasteiger partial charge in [0.15, 0.2) is 0 Å². The van der Waals surface area contributed by atoms with Gasteiger partial charge in [-0.25, -0.2) is 0 Å². The summed E-state index contributed by atoms with van der Waals surface area (Å²) in [4.78, 5) is 24.1. The van der Waals surface area contributed by atoms with E-state index in [9.17, 15) is 14.7 Å². The van der Waals surface area contributed by atoms with Gasteiger partial charge in [-0.3, -0.25) is 9.59 Å². The SMILES string of the molecule is CO[Si](C)(CCCNC(=O)C1C2CCC(CC2)C1C(=O)O)OC. The molecule has 2 bridgehead atoms. The van der Waals surface area contributed by atoms with Crippen LogP contribution in [-0.2, 0) is 18.4 Å². The molecule has 0 radical (unpaired) electrons. The molecule has 0 spiro atoms. The number of carboxylic acids is 1. The van der Waals surface area contributed by atoms with Crippen molar-refractivity contribution in [3.63, 3.8) is 0 Å². The lowest BCUT2D eigenvalue weighted by atomic mass is 9.58. The number of amides is 1. The first-order valence-corrected chi connectivity index (χ1v) is 11.0. The van der Waals surface area contributed by atoms with Gasteiger partial charge in [-0.2, -0.15) is 0 Å². The van der Waals surface area contributed by atoms with Gasteiger partial charge >= 0.3 is 14.5 Å². The molecule has 132 valence electrons. The second-order valence-electron chi connectivity index (χ2n) is 7.00. The molecule has 0 aliphatic heterocycles. The zero-order chi connectivity index (χ0) is 17.0. The van der Waals surface area contributed by atoms with E-state index in [1.54, 1.807) is 14.2 Å². The molecule has 2 unspecified atom stereocenters. The summed E-state index contributed by atoms with van der Waals surface area (Å²) in [6, 6.07) is 0.805. The summed E-state index contributed by atoms with van der Waals surface area (Å²) in [5, 5.41) is 12.5. The van der Waals surface area contributed by atoms with Gasteiger partial charge in [0.2, 0.25) is 5.91 Å². The Labute approximate surface area is 139 Å². The number of nitrogens with one attached hydrogen (secondary N) is 1. The predicted molar refractivity (Wildman–Crippen MR) is 88.1 cm³/mol. The third kappa shape index (κ3) is 4.13. The van der Waals surface area contributed by atoms with Crippen LogP contribution in [0.2, 0.25) is 12.6 Å². The Bertz CT molecular complexity index is 432. The number of fused-ring (bicyclic) bond motifs is 3. The lowest BCUT2D eigenvalue weighted by Crippen LogP contribution is -2.51. The molecule has 0 aromatic heterocycles. The predicted octanol–water partition coefficient (Wildman–Crippen LogP) is 1.99. The van der Waals surface area contributed by atoms with Crippen molar-refractivity contribution < 1.29 is 23.5 Å². The fourth-order valence-corrected chi connectivity index (χ4v) is 5.60. The van der Waals surface area contributed by atoms with Crippen molar-refractivity contribution in [2.45, 2.75) is 44.7 Å². The molecule has 2 N–H and O–H groups in total. The Kier molecular flexibility index (Phi) is 6.22. The maximum absolute atomic E-state index is 12.5. The smallest absolute Gasteiger partial charge is 0.334 e. The van der Waals surface area contributed by atoms with E-state index in [2.05, 4.69) is 5.32 Å². The number of carbonyl (C=O) groups excluding carboxylic acids is 1. The average Bonchev–Trinajstić information content (AvgIpc) is 2.58. The summed E-state index contributed by atoms with van der Waals surface area (Å²) in [6.45, 7) is 2.55. The fourth-order valence-electron chi connectivity index (χ4n) is 4.21. The first kappa shape index (κ1) is 18.4. The van der Waals surface area contributed by atoms with E-state index in [0.29, 0.717) is 6.54 Å².